The molecule has 1 aromatic heterocycles. The van der Waals surface area contributed by atoms with Gasteiger partial charge in [-0.15, -0.1) is 11.3 Å². The first-order valence-electron chi connectivity index (χ1n) is 6.89. The minimum atomic E-state index is -4.29. The van der Waals surface area contributed by atoms with Crippen LogP contribution in [0.1, 0.15) is 28.8 Å². The highest BCUT2D eigenvalue weighted by Crippen LogP contribution is 2.29. The number of halogens is 3. The Morgan fingerprint density at radius 1 is 1.14 bits per heavy atom. The predicted molar refractivity (Wildman–Crippen MR) is 80.4 cm³/mol. The summed E-state index contributed by atoms with van der Waals surface area (Å²) in [4.78, 5) is 1.32. The van der Waals surface area contributed by atoms with Crippen molar-refractivity contribution in [1.82, 2.24) is 0 Å². The SMILES string of the molecule is NC(CCCc1cccs1)Cc1cccc(C(F)(F)F)c1. The van der Waals surface area contributed by atoms with E-state index in [4.69, 9.17) is 5.73 Å². The molecule has 114 valence electrons. The molecule has 2 aromatic rings. The van der Waals surface area contributed by atoms with Crippen LogP contribution in [-0.4, -0.2) is 6.04 Å². The molecular formula is C16H18F3NS. The van der Waals surface area contributed by atoms with Crippen LogP contribution in [-0.2, 0) is 19.0 Å². The molecule has 0 spiro atoms. The van der Waals surface area contributed by atoms with Crippen LogP contribution in [0.2, 0.25) is 0 Å². The van der Waals surface area contributed by atoms with Gasteiger partial charge in [-0.25, -0.2) is 0 Å². The molecule has 0 radical (unpaired) electrons. The fraction of sp³-hybridized carbons (Fsp3) is 0.375. The van der Waals surface area contributed by atoms with Crippen LogP contribution in [0.4, 0.5) is 13.2 Å². The second-order valence-corrected chi connectivity index (χ2v) is 6.17. The summed E-state index contributed by atoms with van der Waals surface area (Å²) in [6, 6.07) is 9.43. The third-order valence-corrected chi connectivity index (χ3v) is 4.27. The lowest BCUT2D eigenvalue weighted by atomic mass is 10.00. The normalized spacial score (nSPS) is 13.3. The summed E-state index contributed by atoms with van der Waals surface area (Å²) in [6.07, 6.45) is -1.06. The first-order chi connectivity index (χ1) is 9.95. The van der Waals surface area contributed by atoms with Gasteiger partial charge in [-0.2, -0.15) is 13.2 Å². The molecule has 1 aromatic carbocycles. The lowest BCUT2D eigenvalue weighted by molar-refractivity contribution is -0.137. The number of alkyl halides is 3. The highest BCUT2D eigenvalue weighted by Gasteiger charge is 2.30. The van der Waals surface area contributed by atoms with Crippen molar-refractivity contribution in [3.8, 4) is 0 Å². The van der Waals surface area contributed by atoms with Gasteiger partial charge in [-0.05, 0) is 48.8 Å². The van der Waals surface area contributed by atoms with Crippen LogP contribution in [0, 0.1) is 0 Å². The van der Waals surface area contributed by atoms with Crippen LogP contribution < -0.4 is 5.73 Å². The summed E-state index contributed by atoms with van der Waals surface area (Å²) in [5.74, 6) is 0. The summed E-state index contributed by atoms with van der Waals surface area (Å²) in [6.45, 7) is 0. The Bertz CT molecular complexity index is 549. The molecule has 1 atom stereocenters. The fourth-order valence-corrected chi connectivity index (χ4v) is 3.02. The van der Waals surface area contributed by atoms with Crippen LogP contribution in [0.25, 0.3) is 0 Å². The number of nitrogens with two attached hydrogens (primary N) is 1. The molecule has 0 amide bonds. The van der Waals surface area contributed by atoms with E-state index in [1.807, 2.05) is 11.4 Å². The molecule has 0 aliphatic heterocycles. The van der Waals surface area contributed by atoms with Crippen molar-refractivity contribution < 1.29 is 13.2 Å². The molecule has 0 saturated carbocycles. The highest BCUT2D eigenvalue weighted by molar-refractivity contribution is 7.09. The molecule has 21 heavy (non-hydrogen) atoms. The Morgan fingerprint density at radius 2 is 1.95 bits per heavy atom. The van der Waals surface area contributed by atoms with Crippen LogP contribution in [0.15, 0.2) is 41.8 Å². The van der Waals surface area contributed by atoms with Gasteiger partial charge in [0.1, 0.15) is 0 Å². The molecule has 1 nitrogen and oxygen atoms in total. The average Bonchev–Trinajstić information content (AvgIpc) is 2.91. The summed E-state index contributed by atoms with van der Waals surface area (Å²) >= 11 is 1.72. The summed E-state index contributed by atoms with van der Waals surface area (Å²) in [7, 11) is 0. The standard InChI is InChI=1S/C16H18F3NS/c17-16(18,19)13-5-1-4-12(10-13)11-14(20)6-2-7-15-8-3-9-21-15/h1,3-5,8-10,14H,2,6-7,11,20H2. The van der Waals surface area contributed by atoms with E-state index in [2.05, 4.69) is 6.07 Å². The third kappa shape index (κ3) is 5.17. The third-order valence-electron chi connectivity index (χ3n) is 3.33. The first-order valence-corrected chi connectivity index (χ1v) is 7.77. The minimum absolute atomic E-state index is 0.103. The highest BCUT2D eigenvalue weighted by atomic mass is 32.1. The van der Waals surface area contributed by atoms with Crippen molar-refractivity contribution in [1.29, 1.82) is 0 Å². The van der Waals surface area contributed by atoms with Gasteiger partial charge in [-0.1, -0.05) is 24.3 Å². The average molecular weight is 313 g/mol. The van der Waals surface area contributed by atoms with Crippen LogP contribution in [0.3, 0.4) is 0 Å². The molecule has 0 bridgehead atoms. The zero-order valence-electron chi connectivity index (χ0n) is 11.6. The van der Waals surface area contributed by atoms with E-state index in [1.165, 1.54) is 17.0 Å². The van der Waals surface area contributed by atoms with Gasteiger partial charge >= 0.3 is 6.18 Å². The maximum atomic E-state index is 12.6. The molecule has 0 aliphatic carbocycles. The van der Waals surface area contributed by atoms with E-state index < -0.39 is 11.7 Å². The van der Waals surface area contributed by atoms with Crippen molar-refractivity contribution in [2.45, 2.75) is 37.9 Å². The van der Waals surface area contributed by atoms with Gasteiger partial charge in [0, 0.05) is 10.9 Å². The monoisotopic (exact) mass is 313 g/mol. The molecule has 0 aliphatic rings. The van der Waals surface area contributed by atoms with Crippen LogP contribution in [0.5, 0.6) is 0 Å². The molecule has 5 heteroatoms. The Labute approximate surface area is 126 Å². The molecule has 1 unspecified atom stereocenters. The summed E-state index contributed by atoms with van der Waals surface area (Å²) < 4.78 is 37.9. The van der Waals surface area contributed by atoms with Gasteiger partial charge in [-0.3, -0.25) is 0 Å². The smallest absolute Gasteiger partial charge is 0.327 e. The predicted octanol–water partition coefficient (Wildman–Crippen LogP) is 4.66. The number of thiophene rings is 1. The zero-order chi connectivity index (χ0) is 15.3. The van der Waals surface area contributed by atoms with Gasteiger partial charge in [0.2, 0.25) is 0 Å². The number of rotatable bonds is 6. The maximum absolute atomic E-state index is 12.6. The maximum Gasteiger partial charge on any atom is 0.416 e. The van der Waals surface area contributed by atoms with Crippen molar-refractivity contribution in [2.75, 3.05) is 0 Å². The zero-order valence-corrected chi connectivity index (χ0v) is 12.4. The fourth-order valence-electron chi connectivity index (χ4n) is 2.27. The summed E-state index contributed by atoms with van der Waals surface area (Å²) in [5.41, 5.74) is 6.07. The molecule has 1 heterocycles. The quantitative estimate of drug-likeness (QED) is 0.824. The molecule has 0 saturated heterocycles. The van der Waals surface area contributed by atoms with Crippen LogP contribution >= 0.6 is 11.3 Å². The van der Waals surface area contributed by atoms with E-state index >= 15 is 0 Å². The first kappa shape index (κ1) is 16.0. The van der Waals surface area contributed by atoms with Gasteiger partial charge in [0.05, 0.1) is 5.56 Å². The van der Waals surface area contributed by atoms with Gasteiger partial charge in [0.25, 0.3) is 0 Å². The molecule has 0 fully saturated rings. The Hall–Kier alpha value is -1.33. The van der Waals surface area contributed by atoms with E-state index in [-0.39, 0.29) is 6.04 Å². The number of aryl methyl sites for hydroxylation is 1. The number of hydrogen-bond acceptors (Lipinski definition) is 2. The van der Waals surface area contributed by atoms with E-state index in [9.17, 15) is 13.2 Å². The Morgan fingerprint density at radius 3 is 2.62 bits per heavy atom. The van der Waals surface area contributed by atoms with Crippen molar-refractivity contribution in [3.05, 3.63) is 57.8 Å². The van der Waals surface area contributed by atoms with Crippen molar-refractivity contribution in [2.24, 2.45) is 5.73 Å². The Balaban J connectivity index is 1.83. The second-order valence-electron chi connectivity index (χ2n) is 5.13. The minimum Gasteiger partial charge on any atom is -0.327 e. The van der Waals surface area contributed by atoms with Crippen molar-refractivity contribution in [3.63, 3.8) is 0 Å². The lowest BCUT2D eigenvalue weighted by Gasteiger charge is -2.13. The van der Waals surface area contributed by atoms with E-state index in [0.29, 0.717) is 12.0 Å². The Kier molecular flexibility index (Phi) is 5.42. The topological polar surface area (TPSA) is 26.0 Å². The van der Waals surface area contributed by atoms with E-state index in [0.717, 1.165) is 25.3 Å². The second kappa shape index (κ2) is 7.09. The largest absolute Gasteiger partial charge is 0.416 e. The molecule has 2 N–H and O–H groups in total. The number of hydrogen-bond donors (Lipinski definition) is 1. The van der Waals surface area contributed by atoms with Gasteiger partial charge in [0.15, 0.2) is 0 Å². The molecular weight excluding hydrogens is 295 g/mol. The van der Waals surface area contributed by atoms with Crippen molar-refractivity contribution >= 4 is 11.3 Å². The number of benzene rings is 1. The van der Waals surface area contributed by atoms with E-state index in [1.54, 1.807) is 17.4 Å². The van der Waals surface area contributed by atoms with Gasteiger partial charge < -0.3 is 5.73 Å². The summed E-state index contributed by atoms with van der Waals surface area (Å²) in [5, 5.41) is 2.04. The molecule has 2 rings (SSSR count). The lowest BCUT2D eigenvalue weighted by Crippen LogP contribution is -2.23.